The highest BCUT2D eigenvalue weighted by molar-refractivity contribution is 6.08. The molecule has 0 amide bonds. The van der Waals surface area contributed by atoms with Gasteiger partial charge in [0.05, 0.1) is 13.7 Å². The summed E-state index contributed by atoms with van der Waals surface area (Å²) in [7, 11) is 1.40. The summed E-state index contributed by atoms with van der Waals surface area (Å²) >= 11 is 0. The Morgan fingerprint density at radius 3 is 2.60 bits per heavy atom. The summed E-state index contributed by atoms with van der Waals surface area (Å²) < 4.78 is 16.7. The van der Waals surface area contributed by atoms with Gasteiger partial charge in [-0.05, 0) is 29.7 Å². The minimum absolute atomic E-state index is 0.0789. The average Bonchev–Trinajstić information content (AvgIpc) is 3.12. The Balaban J connectivity index is 1.52. The first-order valence-corrected chi connectivity index (χ1v) is 11.1. The molecule has 2 heterocycles. The molecule has 4 bridgehead atoms. The summed E-state index contributed by atoms with van der Waals surface area (Å²) in [5.74, 6) is -5.84. The normalized spacial score (nSPS) is 33.1. The molecule has 182 valence electrons. The molecule has 5 aliphatic rings. The minimum atomic E-state index is -2.00. The van der Waals surface area contributed by atoms with Gasteiger partial charge in [-0.2, -0.15) is 0 Å². The summed E-state index contributed by atoms with van der Waals surface area (Å²) in [5.41, 5.74) is 0.897. The molecule has 2 fully saturated rings. The monoisotopic (exact) mass is 482 g/mol. The molecule has 2 aliphatic heterocycles. The second kappa shape index (κ2) is 7.20. The molecular formula is C25H22O10. The molecule has 10 heteroatoms. The van der Waals surface area contributed by atoms with E-state index >= 15 is 0 Å². The zero-order chi connectivity index (χ0) is 24.8. The van der Waals surface area contributed by atoms with Crippen LogP contribution in [-0.2, 0) is 9.53 Å². The zero-order valence-corrected chi connectivity index (χ0v) is 18.5. The third-order valence-corrected chi connectivity index (χ3v) is 7.64. The fourth-order valence-electron chi connectivity index (χ4n) is 6.08. The maximum atomic E-state index is 13.6. The Labute approximate surface area is 198 Å². The van der Waals surface area contributed by atoms with E-state index < -0.39 is 47.1 Å². The summed E-state index contributed by atoms with van der Waals surface area (Å²) in [6, 6.07) is 6.82. The number of phenolic OH excluding ortho intramolecular Hbond substituents is 3. The number of carbonyl (C=O) groups excluding carboxylic acids is 2. The number of fused-ring (bicyclic) bond motifs is 2. The zero-order valence-electron chi connectivity index (χ0n) is 18.5. The summed E-state index contributed by atoms with van der Waals surface area (Å²) in [6.07, 6.45) is -2.86. The Bertz CT molecular complexity index is 1330. The van der Waals surface area contributed by atoms with Crippen molar-refractivity contribution in [2.45, 2.75) is 30.3 Å². The molecule has 1 saturated carbocycles. The van der Waals surface area contributed by atoms with Crippen LogP contribution in [0.25, 0.3) is 0 Å². The van der Waals surface area contributed by atoms with E-state index in [1.165, 1.54) is 13.2 Å². The van der Waals surface area contributed by atoms with Crippen molar-refractivity contribution in [1.82, 2.24) is 0 Å². The topological polar surface area (TPSA) is 163 Å². The number of aliphatic hydroxyl groups is 2. The lowest BCUT2D eigenvalue weighted by atomic mass is 9.57. The van der Waals surface area contributed by atoms with Gasteiger partial charge in [-0.25, -0.2) is 0 Å². The molecule has 0 radical (unpaired) electrons. The van der Waals surface area contributed by atoms with Crippen molar-refractivity contribution in [3.8, 4) is 28.7 Å². The highest BCUT2D eigenvalue weighted by Crippen LogP contribution is 2.60. The van der Waals surface area contributed by atoms with Gasteiger partial charge in [0.1, 0.15) is 22.8 Å². The quantitative estimate of drug-likeness (QED) is 0.429. The number of ketones is 2. The number of aromatic hydroxyl groups is 3. The first-order chi connectivity index (χ1) is 16.7. The number of hydrogen-bond acceptors (Lipinski definition) is 10. The first-order valence-electron chi connectivity index (χ1n) is 11.1. The van der Waals surface area contributed by atoms with Crippen LogP contribution in [0.3, 0.4) is 0 Å². The number of Topliss-reactive ketones (excluding diaryl/α,β-unsaturated/α-hetero) is 2. The predicted octanol–water partition coefficient (Wildman–Crippen LogP) is 1.13. The van der Waals surface area contributed by atoms with Gasteiger partial charge in [-0.3, -0.25) is 9.59 Å². The molecule has 5 N–H and O–H groups in total. The lowest BCUT2D eigenvalue weighted by Crippen LogP contribution is -2.57. The second-order valence-corrected chi connectivity index (χ2v) is 9.34. The molecule has 1 saturated heterocycles. The molecule has 7 rings (SSSR count). The number of aliphatic hydroxyl groups excluding tert-OH is 1. The highest BCUT2D eigenvalue weighted by atomic mass is 16.6. The number of phenols is 3. The van der Waals surface area contributed by atoms with E-state index in [4.69, 9.17) is 14.2 Å². The van der Waals surface area contributed by atoms with Gasteiger partial charge in [0.15, 0.2) is 23.7 Å². The van der Waals surface area contributed by atoms with Crippen LogP contribution in [0.15, 0.2) is 41.5 Å². The Kier molecular flexibility index (Phi) is 4.51. The van der Waals surface area contributed by atoms with Crippen molar-refractivity contribution in [2.24, 2.45) is 11.8 Å². The maximum absolute atomic E-state index is 13.6. The van der Waals surface area contributed by atoms with Gasteiger partial charge < -0.3 is 39.7 Å². The molecule has 0 spiro atoms. The Morgan fingerprint density at radius 2 is 1.86 bits per heavy atom. The van der Waals surface area contributed by atoms with Crippen LogP contribution in [-0.4, -0.2) is 68.8 Å². The average molecular weight is 482 g/mol. The summed E-state index contributed by atoms with van der Waals surface area (Å²) in [6.45, 7) is 0.120. The van der Waals surface area contributed by atoms with Crippen molar-refractivity contribution >= 4 is 11.6 Å². The van der Waals surface area contributed by atoms with E-state index in [1.807, 2.05) is 0 Å². The van der Waals surface area contributed by atoms with Gasteiger partial charge in [-0.15, -0.1) is 0 Å². The molecule has 0 aromatic heterocycles. The van der Waals surface area contributed by atoms with Crippen molar-refractivity contribution in [3.05, 3.63) is 52.6 Å². The number of benzene rings is 2. The fraction of sp³-hybridized carbons (Fsp3) is 0.360. The predicted molar refractivity (Wildman–Crippen MR) is 116 cm³/mol. The van der Waals surface area contributed by atoms with Crippen LogP contribution in [0.1, 0.15) is 28.3 Å². The number of carbonyl (C=O) groups is 2. The van der Waals surface area contributed by atoms with E-state index in [1.54, 1.807) is 12.1 Å². The molecule has 6 atom stereocenters. The van der Waals surface area contributed by atoms with Gasteiger partial charge in [0.2, 0.25) is 17.4 Å². The number of hydrogen-bond donors (Lipinski definition) is 5. The second-order valence-electron chi connectivity index (χ2n) is 9.34. The third-order valence-electron chi connectivity index (χ3n) is 7.64. The van der Waals surface area contributed by atoms with Crippen molar-refractivity contribution in [3.63, 3.8) is 0 Å². The van der Waals surface area contributed by atoms with E-state index in [2.05, 4.69) is 0 Å². The lowest BCUT2D eigenvalue weighted by molar-refractivity contribution is -0.201. The van der Waals surface area contributed by atoms with E-state index in [0.29, 0.717) is 11.1 Å². The van der Waals surface area contributed by atoms with Crippen LogP contribution in [0.4, 0.5) is 0 Å². The largest absolute Gasteiger partial charge is 0.508 e. The number of ether oxygens (including phenoxy) is 3. The molecule has 2 aromatic carbocycles. The summed E-state index contributed by atoms with van der Waals surface area (Å²) in [4.78, 5) is 26.5. The van der Waals surface area contributed by atoms with Crippen molar-refractivity contribution in [1.29, 1.82) is 0 Å². The minimum Gasteiger partial charge on any atom is -0.508 e. The van der Waals surface area contributed by atoms with E-state index in [-0.39, 0.29) is 53.1 Å². The maximum Gasteiger partial charge on any atom is 0.234 e. The van der Waals surface area contributed by atoms with E-state index in [9.17, 15) is 35.1 Å². The number of rotatable bonds is 3. The number of methoxy groups -OCH3 is 1. The molecule has 2 aromatic rings. The van der Waals surface area contributed by atoms with Crippen LogP contribution >= 0.6 is 0 Å². The van der Waals surface area contributed by atoms with Crippen LogP contribution in [0, 0.1) is 11.8 Å². The van der Waals surface area contributed by atoms with Gasteiger partial charge >= 0.3 is 0 Å². The highest BCUT2D eigenvalue weighted by Gasteiger charge is 2.67. The Morgan fingerprint density at radius 1 is 1.09 bits per heavy atom. The SMILES string of the molecule is COc1cc([C@H]2C3=C([C@H]4Oc5cc(O)cc(O)c5C(=O)[C@H]4O)C[C@@H]4[C@@H]2CO[C@@]4(O)C3=O)ccc1O. The molecular weight excluding hydrogens is 460 g/mol. The Hall–Kier alpha value is -3.60. The molecule has 3 aliphatic carbocycles. The fourth-order valence-corrected chi connectivity index (χ4v) is 6.08. The first kappa shape index (κ1) is 21.9. The smallest absolute Gasteiger partial charge is 0.234 e. The van der Waals surface area contributed by atoms with Crippen LogP contribution in [0.5, 0.6) is 28.7 Å². The van der Waals surface area contributed by atoms with E-state index in [0.717, 1.165) is 12.1 Å². The molecule has 10 nitrogen and oxygen atoms in total. The van der Waals surface area contributed by atoms with Gasteiger partial charge in [0, 0.05) is 35.5 Å². The summed E-state index contributed by atoms with van der Waals surface area (Å²) in [5, 5.41) is 52.0. The molecule has 35 heavy (non-hydrogen) atoms. The van der Waals surface area contributed by atoms with Gasteiger partial charge in [0.25, 0.3) is 0 Å². The third kappa shape index (κ3) is 2.81. The lowest BCUT2D eigenvalue weighted by Gasteiger charge is -2.48. The van der Waals surface area contributed by atoms with Crippen molar-refractivity contribution in [2.75, 3.05) is 13.7 Å². The van der Waals surface area contributed by atoms with Crippen LogP contribution in [0.2, 0.25) is 0 Å². The standard InChI is InChI=1S/C25H22O10/c1-33-16-4-9(2-3-14(16)27)18-12-8-34-25(32)13(12)7-11(19(18)24(25)31)23-22(30)21(29)20-15(28)5-10(26)6-17(20)35-23/h2-6,12-13,18,22-23,26-28,30,32H,7-8H2,1H3/t12-,13+,18+,22+,23+,25+/m0/s1. The van der Waals surface area contributed by atoms with Gasteiger partial charge in [-0.1, -0.05) is 6.07 Å². The molecule has 0 unspecified atom stereocenters. The van der Waals surface area contributed by atoms with Crippen LogP contribution < -0.4 is 9.47 Å². The van der Waals surface area contributed by atoms with Crippen molar-refractivity contribution < 1.29 is 49.3 Å².